The number of benzene rings is 2. The van der Waals surface area contributed by atoms with Crippen molar-refractivity contribution >= 4 is 29.4 Å². The average Bonchev–Trinajstić information content (AvgIpc) is 3.11. The fraction of sp³-hybridized carbons (Fsp3) is 0.407. The second-order valence-corrected chi connectivity index (χ2v) is 8.36. The molecule has 2 aromatic rings. The molecule has 0 atom stereocenters. The molecule has 1 aliphatic rings. The predicted molar refractivity (Wildman–Crippen MR) is 128 cm³/mol. The van der Waals surface area contributed by atoms with Gasteiger partial charge < -0.3 is 9.47 Å². The van der Waals surface area contributed by atoms with E-state index < -0.39 is 23.8 Å². The van der Waals surface area contributed by atoms with Crippen molar-refractivity contribution in [1.29, 1.82) is 0 Å². The quantitative estimate of drug-likeness (QED) is 0.231. The van der Waals surface area contributed by atoms with E-state index >= 15 is 0 Å². The number of fused-ring (bicyclic) bond motifs is 1. The molecule has 0 radical (unpaired) electrons. The molecule has 0 bridgehead atoms. The second-order valence-electron chi connectivity index (χ2n) is 8.36. The zero-order valence-corrected chi connectivity index (χ0v) is 19.8. The number of anilines is 1. The van der Waals surface area contributed by atoms with Gasteiger partial charge in [0.1, 0.15) is 0 Å². The summed E-state index contributed by atoms with van der Waals surface area (Å²) in [4.78, 5) is 50.7. The summed E-state index contributed by atoms with van der Waals surface area (Å²) in [5.74, 6) is -2.03. The number of ether oxygens (including phenoxy) is 2. The number of amides is 2. The summed E-state index contributed by atoms with van der Waals surface area (Å²) in [6, 6.07) is 10.4. The summed E-state index contributed by atoms with van der Waals surface area (Å²) < 4.78 is 10.0. The number of unbranched alkanes of at least 4 members (excludes halogenated alkanes) is 7. The van der Waals surface area contributed by atoms with Gasteiger partial charge in [-0.15, -0.1) is 0 Å². The molecule has 7 nitrogen and oxygen atoms in total. The van der Waals surface area contributed by atoms with Gasteiger partial charge in [-0.3, -0.25) is 9.59 Å². The van der Waals surface area contributed by atoms with E-state index in [-0.39, 0.29) is 16.7 Å². The number of carbonyl (C=O) groups excluding carboxylic acids is 4. The summed E-state index contributed by atoms with van der Waals surface area (Å²) >= 11 is 0. The lowest BCUT2D eigenvalue weighted by Gasteiger charge is -2.14. The van der Waals surface area contributed by atoms with Crippen LogP contribution in [-0.4, -0.2) is 37.5 Å². The highest BCUT2D eigenvalue weighted by molar-refractivity contribution is 6.34. The standard InChI is InChI=1S/C27H31NO6/c1-3-4-5-6-7-8-9-10-17-34-27(32)19-11-14-21(15-12-19)28-24(29)22-16-13-20(26(31)33-2)18-23(22)25(28)30/h11-16,18H,3-10,17H2,1-2H3. The maximum absolute atomic E-state index is 12.9. The lowest BCUT2D eigenvalue weighted by Crippen LogP contribution is -2.29. The van der Waals surface area contributed by atoms with E-state index in [1.807, 2.05) is 0 Å². The van der Waals surface area contributed by atoms with Crippen molar-refractivity contribution in [2.45, 2.75) is 58.3 Å². The molecule has 1 heterocycles. The van der Waals surface area contributed by atoms with Crippen LogP contribution >= 0.6 is 0 Å². The van der Waals surface area contributed by atoms with Crippen molar-refractivity contribution in [2.24, 2.45) is 0 Å². The van der Waals surface area contributed by atoms with Gasteiger partial charge in [-0.05, 0) is 48.9 Å². The molecule has 34 heavy (non-hydrogen) atoms. The number of carbonyl (C=O) groups is 4. The molecule has 0 N–H and O–H groups in total. The molecule has 0 aromatic heterocycles. The van der Waals surface area contributed by atoms with E-state index in [0.717, 1.165) is 24.2 Å². The predicted octanol–water partition coefficient (Wildman–Crippen LogP) is 5.57. The lowest BCUT2D eigenvalue weighted by atomic mass is 10.1. The van der Waals surface area contributed by atoms with E-state index in [2.05, 4.69) is 11.7 Å². The Kier molecular flexibility index (Phi) is 8.96. The SMILES string of the molecule is CCCCCCCCCCOC(=O)c1ccc(N2C(=O)c3ccc(C(=O)OC)cc3C2=O)cc1. The Morgan fingerprint density at radius 1 is 0.735 bits per heavy atom. The van der Waals surface area contributed by atoms with Crippen LogP contribution in [0.1, 0.15) is 99.7 Å². The minimum Gasteiger partial charge on any atom is -0.465 e. The van der Waals surface area contributed by atoms with Gasteiger partial charge in [0.05, 0.1) is 41.7 Å². The van der Waals surface area contributed by atoms with Gasteiger partial charge in [0.2, 0.25) is 0 Å². The molecule has 0 aliphatic carbocycles. The molecule has 0 fully saturated rings. The van der Waals surface area contributed by atoms with E-state index in [4.69, 9.17) is 4.74 Å². The Hall–Kier alpha value is -3.48. The molecule has 7 heteroatoms. The number of nitrogens with zero attached hydrogens (tertiary/aromatic N) is 1. The Bertz CT molecular complexity index is 1040. The smallest absolute Gasteiger partial charge is 0.338 e. The molecule has 0 saturated heterocycles. The summed E-state index contributed by atoms with van der Waals surface area (Å²) in [7, 11) is 1.25. The molecule has 1 aliphatic heterocycles. The maximum Gasteiger partial charge on any atom is 0.338 e. The summed E-state index contributed by atoms with van der Waals surface area (Å²) in [5, 5.41) is 0. The minimum atomic E-state index is -0.587. The zero-order chi connectivity index (χ0) is 24.5. The highest BCUT2D eigenvalue weighted by atomic mass is 16.5. The first-order valence-corrected chi connectivity index (χ1v) is 11.9. The normalized spacial score (nSPS) is 12.6. The second kappa shape index (κ2) is 12.1. The van der Waals surface area contributed by atoms with Gasteiger partial charge >= 0.3 is 11.9 Å². The number of methoxy groups -OCH3 is 1. The third kappa shape index (κ3) is 5.90. The van der Waals surface area contributed by atoms with Crippen LogP contribution in [0.3, 0.4) is 0 Å². The molecular formula is C27H31NO6. The fourth-order valence-electron chi connectivity index (χ4n) is 3.95. The van der Waals surface area contributed by atoms with Crippen LogP contribution in [0.4, 0.5) is 5.69 Å². The van der Waals surface area contributed by atoms with E-state index in [0.29, 0.717) is 17.9 Å². The van der Waals surface area contributed by atoms with Crippen LogP contribution < -0.4 is 4.90 Å². The summed E-state index contributed by atoms with van der Waals surface area (Å²) in [6.45, 7) is 2.58. The first-order chi connectivity index (χ1) is 16.5. The number of hydrogen-bond acceptors (Lipinski definition) is 6. The largest absolute Gasteiger partial charge is 0.465 e. The van der Waals surface area contributed by atoms with Crippen molar-refractivity contribution < 1.29 is 28.7 Å². The molecular weight excluding hydrogens is 434 g/mol. The molecule has 0 unspecified atom stereocenters. The first kappa shape index (κ1) is 25.1. The first-order valence-electron chi connectivity index (χ1n) is 11.9. The van der Waals surface area contributed by atoms with Crippen LogP contribution in [0.5, 0.6) is 0 Å². The lowest BCUT2D eigenvalue weighted by molar-refractivity contribution is 0.0496. The van der Waals surface area contributed by atoms with E-state index in [1.165, 1.54) is 81.7 Å². The van der Waals surface area contributed by atoms with Crippen LogP contribution in [0.2, 0.25) is 0 Å². The van der Waals surface area contributed by atoms with Crippen LogP contribution in [-0.2, 0) is 9.47 Å². The number of hydrogen-bond donors (Lipinski definition) is 0. The van der Waals surface area contributed by atoms with Crippen molar-refractivity contribution in [2.75, 3.05) is 18.6 Å². The maximum atomic E-state index is 12.9. The van der Waals surface area contributed by atoms with Crippen molar-refractivity contribution in [3.05, 3.63) is 64.7 Å². The summed E-state index contributed by atoms with van der Waals surface area (Å²) in [5.41, 5.74) is 1.24. The molecule has 0 spiro atoms. The Balaban J connectivity index is 1.53. The Morgan fingerprint density at radius 3 is 1.97 bits per heavy atom. The van der Waals surface area contributed by atoms with Gasteiger partial charge in [-0.25, -0.2) is 14.5 Å². The molecule has 2 aromatic carbocycles. The van der Waals surface area contributed by atoms with Crippen molar-refractivity contribution in [3.63, 3.8) is 0 Å². The highest BCUT2D eigenvalue weighted by Crippen LogP contribution is 2.29. The average molecular weight is 466 g/mol. The van der Waals surface area contributed by atoms with Gasteiger partial charge in [0.15, 0.2) is 0 Å². The van der Waals surface area contributed by atoms with Gasteiger partial charge in [-0.2, -0.15) is 0 Å². The molecule has 180 valence electrons. The van der Waals surface area contributed by atoms with Gasteiger partial charge in [0, 0.05) is 0 Å². The third-order valence-corrected chi connectivity index (χ3v) is 5.90. The zero-order valence-electron chi connectivity index (χ0n) is 19.8. The number of rotatable bonds is 12. The Morgan fingerprint density at radius 2 is 1.32 bits per heavy atom. The van der Waals surface area contributed by atoms with Crippen molar-refractivity contribution in [1.82, 2.24) is 0 Å². The van der Waals surface area contributed by atoms with Gasteiger partial charge in [0.25, 0.3) is 11.8 Å². The highest BCUT2D eigenvalue weighted by Gasteiger charge is 2.37. The summed E-state index contributed by atoms with van der Waals surface area (Å²) in [6.07, 6.45) is 9.33. The van der Waals surface area contributed by atoms with Crippen molar-refractivity contribution in [3.8, 4) is 0 Å². The van der Waals surface area contributed by atoms with Gasteiger partial charge in [-0.1, -0.05) is 51.9 Å². The Labute approximate surface area is 200 Å². The van der Waals surface area contributed by atoms with Crippen LogP contribution in [0.25, 0.3) is 0 Å². The van der Waals surface area contributed by atoms with E-state index in [9.17, 15) is 19.2 Å². The fourth-order valence-corrected chi connectivity index (χ4v) is 3.95. The number of esters is 2. The van der Waals surface area contributed by atoms with Crippen LogP contribution in [0, 0.1) is 0 Å². The molecule has 0 saturated carbocycles. The topological polar surface area (TPSA) is 90.0 Å². The van der Waals surface area contributed by atoms with Crippen LogP contribution in [0.15, 0.2) is 42.5 Å². The molecule has 3 rings (SSSR count). The van der Waals surface area contributed by atoms with E-state index in [1.54, 1.807) is 0 Å². The monoisotopic (exact) mass is 465 g/mol. The minimum absolute atomic E-state index is 0.141. The molecule has 2 amide bonds. The third-order valence-electron chi connectivity index (χ3n) is 5.90. The number of imide groups is 1.